The Balaban J connectivity index is 1.77. The molecular formula is C17H17N3S. The topological polar surface area (TPSA) is 37.8 Å². The van der Waals surface area contributed by atoms with Crippen molar-refractivity contribution in [2.75, 3.05) is 11.1 Å². The van der Waals surface area contributed by atoms with Crippen LogP contribution >= 0.6 is 11.8 Å². The van der Waals surface area contributed by atoms with Crippen molar-refractivity contribution in [2.45, 2.75) is 18.4 Å². The van der Waals surface area contributed by atoms with Gasteiger partial charge in [0.15, 0.2) is 0 Å². The molecule has 0 aliphatic heterocycles. The molecule has 21 heavy (non-hydrogen) atoms. The van der Waals surface area contributed by atoms with E-state index in [1.54, 1.807) is 0 Å². The Morgan fingerprint density at radius 3 is 2.62 bits per heavy atom. The van der Waals surface area contributed by atoms with E-state index in [0.29, 0.717) is 6.54 Å². The van der Waals surface area contributed by atoms with Crippen molar-refractivity contribution in [3.63, 3.8) is 0 Å². The van der Waals surface area contributed by atoms with Crippen LogP contribution in [0.3, 0.4) is 0 Å². The lowest BCUT2D eigenvalue weighted by atomic mass is 10.3. The molecule has 1 heterocycles. The number of rotatable bonds is 5. The predicted molar refractivity (Wildman–Crippen MR) is 89.7 cm³/mol. The Morgan fingerprint density at radius 2 is 1.76 bits per heavy atom. The van der Waals surface area contributed by atoms with Gasteiger partial charge in [0, 0.05) is 10.6 Å². The smallest absolute Gasteiger partial charge is 0.0890 e. The van der Waals surface area contributed by atoms with E-state index in [2.05, 4.69) is 40.4 Å². The lowest BCUT2D eigenvalue weighted by molar-refractivity contribution is 1.03. The van der Waals surface area contributed by atoms with Crippen molar-refractivity contribution < 1.29 is 0 Å². The van der Waals surface area contributed by atoms with Gasteiger partial charge >= 0.3 is 0 Å². The maximum Gasteiger partial charge on any atom is 0.0890 e. The van der Waals surface area contributed by atoms with Gasteiger partial charge in [-0.25, -0.2) is 4.98 Å². The fourth-order valence-electron chi connectivity index (χ4n) is 2.16. The zero-order chi connectivity index (χ0) is 14.5. The van der Waals surface area contributed by atoms with Crippen molar-refractivity contribution in [2.24, 2.45) is 0 Å². The normalized spacial score (nSPS) is 10.7. The Labute approximate surface area is 128 Å². The maximum atomic E-state index is 4.63. The number of benzene rings is 2. The van der Waals surface area contributed by atoms with E-state index in [1.165, 1.54) is 4.90 Å². The molecular weight excluding hydrogens is 278 g/mol. The highest BCUT2D eigenvalue weighted by Gasteiger charge is 2.03. The van der Waals surface area contributed by atoms with Crippen LogP contribution in [0.15, 0.2) is 59.6 Å². The average Bonchev–Trinajstić information content (AvgIpc) is 2.54. The van der Waals surface area contributed by atoms with E-state index < -0.39 is 0 Å². The van der Waals surface area contributed by atoms with E-state index in [-0.39, 0.29) is 0 Å². The average molecular weight is 295 g/mol. The highest BCUT2D eigenvalue weighted by molar-refractivity contribution is 7.99. The van der Waals surface area contributed by atoms with Crippen LogP contribution < -0.4 is 5.32 Å². The number of anilines is 1. The van der Waals surface area contributed by atoms with Crippen molar-refractivity contribution >= 4 is 28.5 Å². The van der Waals surface area contributed by atoms with Crippen LogP contribution in [0.1, 0.15) is 12.6 Å². The monoisotopic (exact) mass is 295 g/mol. The van der Waals surface area contributed by atoms with Gasteiger partial charge < -0.3 is 5.32 Å². The first-order valence-corrected chi connectivity index (χ1v) is 8.02. The number of aromatic nitrogens is 2. The minimum absolute atomic E-state index is 0.680. The first kappa shape index (κ1) is 13.9. The molecule has 106 valence electrons. The summed E-state index contributed by atoms with van der Waals surface area (Å²) in [6.07, 6.45) is 1.84. The van der Waals surface area contributed by atoms with Crippen molar-refractivity contribution in [3.8, 4) is 0 Å². The minimum Gasteiger partial charge on any atom is -0.378 e. The quantitative estimate of drug-likeness (QED) is 0.710. The van der Waals surface area contributed by atoms with Crippen LogP contribution in [0.25, 0.3) is 11.0 Å². The Kier molecular flexibility index (Phi) is 4.36. The molecule has 3 nitrogen and oxygen atoms in total. The molecule has 0 saturated heterocycles. The summed E-state index contributed by atoms with van der Waals surface area (Å²) < 4.78 is 0. The summed E-state index contributed by atoms with van der Waals surface area (Å²) >= 11 is 1.84. The van der Waals surface area contributed by atoms with Crippen LogP contribution in [0.4, 0.5) is 5.69 Å². The van der Waals surface area contributed by atoms with Gasteiger partial charge in [-0.1, -0.05) is 31.2 Å². The van der Waals surface area contributed by atoms with E-state index in [4.69, 9.17) is 0 Å². The molecule has 0 amide bonds. The fourth-order valence-corrected chi connectivity index (χ4v) is 2.94. The molecule has 0 saturated carbocycles. The van der Waals surface area contributed by atoms with Gasteiger partial charge in [0.05, 0.1) is 29.5 Å². The molecule has 3 aromatic rings. The summed E-state index contributed by atoms with van der Waals surface area (Å²) in [6, 6.07) is 16.3. The minimum atomic E-state index is 0.680. The standard InChI is InChI=1S/C17H17N3S/c1-2-21-17-10-6-5-9-16(17)19-12-13-11-18-14-7-3-4-8-15(14)20-13/h3-11,19H,2,12H2,1H3. The summed E-state index contributed by atoms with van der Waals surface area (Å²) in [4.78, 5) is 10.4. The van der Waals surface area contributed by atoms with Gasteiger partial charge in [0.2, 0.25) is 0 Å². The number of fused-ring (bicyclic) bond motifs is 1. The fraction of sp³-hybridized carbons (Fsp3) is 0.176. The molecule has 0 fully saturated rings. The van der Waals surface area contributed by atoms with Crippen molar-refractivity contribution in [3.05, 3.63) is 60.4 Å². The largest absolute Gasteiger partial charge is 0.378 e. The second kappa shape index (κ2) is 6.59. The second-order valence-corrected chi connectivity index (χ2v) is 5.94. The Bertz CT molecular complexity index is 743. The van der Waals surface area contributed by atoms with Gasteiger partial charge in [0.25, 0.3) is 0 Å². The second-order valence-electron chi connectivity index (χ2n) is 4.63. The van der Waals surface area contributed by atoms with Crippen LogP contribution in [-0.2, 0) is 6.54 Å². The van der Waals surface area contributed by atoms with E-state index in [0.717, 1.165) is 28.2 Å². The summed E-state index contributed by atoms with van der Waals surface area (Å²) in [5, 5.41) is 3.46. The number of thioether (sulfide) groups is 1. The first-order valence-electron chi connectivity index (χ1n) is 7.03. The molecule has 0 atom stereocenters. The number of hydrogen-bond donors (Lipinski definition) is 1. The van der Waals surface area contributed by atoms with E-state index >= 15 is 0 Å². The Hall–Kier alpha value is -2.07. The molecule has 2 aromatic carbocycles. The first-order chi connectivity index (χ1) is 10.4. The molecule has 0 aliphatic rings. The third-order valence-electron chi connectivity index (χ3n) is 3.15. The molecule has 0 bridgehead atoms. The van der Waals surface area contributed by atoms with E-state index in [9.17, 15) is 0 Å². The lowest BCUT2D eigenvalue weighted by Crippen LogP contribution is -2.03. The molecule has 0 unspecified atom stereocenters. The maximum absolute atomic E-state index is 4.63. The Morgan fingerprint density at radius 1 is 1.00 bits per heavy atom. The van der Waals surface area contributed by atoms with Crippen LogP contribution in [0.5, 0.6) is 0 Å². The molecule has 0 aliphatic carbocycles. The van der Waals surface area contributed by atoms with Gasteiger partial charge in [-0.05, 0) is 30.0 Å². The highest BCUT2D eigenvalue weighted by atomic mass is 32.2. The molecule has 3 rings (SSSR count). The van der Waals surface area contributed by atoms with Gasteiger partial charge in [0.1, 0.15) is 0 Å². The van der Waals surface area contributed by atoms with Gasteiger partial charge in [-0.3, -0.25) is 4.98 Å². The molecule has 0 radical (unpaired) electrons. The van der Waals surface area contributed by atoms with Crippen LogP contribution in [0, 0.1) is 0 Å². The number of hydrogen-bond acceptors (Lipinski definition) is 4. The summed E-state index contributed by atoms with van der Waals surface area (Å²) in [5.41, 5.74) is 3.97. The molecule has 1 aromatic heterocycles. The predicted octanol–water partition coefficient (Wildman–Crippen LogP) is 4.35. The van der Waals surface area contributed by atoms with Crippen molar-refractivity contribution in [1.82, 2.24) is 9.97 Å². The van der Waals surface area contributed by atoms with Crippen LogP contribution in [-0.4, -0.2) is 15.7 Å². The summed E-state index contributed by atoms with van der Waals surface area (Å²) in [7, 11) is 0. The molecule has 1 N–H and O–H groups in total. The number of para-hydroxylation sites is 3. The summed E-state index contributed by atoms with van der Waals surface area (Å²) in [5.74, 6) is 1.06. The molecule has 0 spiro atoms. The third kappa shape index (κ3) is 3.34. The summed E-state index contributed by atoms with van der Waals surface area (Å²) in [6.45, 7) is 2.84. The van der Waals surface area contributed by atoms with Gasteiger partial charge in [-0.2, -0.15) is 0 Å². The highest BCUT2D eigenvalue weighted by Crippen LogP contribution is 2.26. The lowest BCUT2D eigenvalue weighted by Gasteiger charge is -2.10. The number of nitrogens with one attached hydrogen (secondary N) is 1. The zero-order valence-electron chi connectivity index (χ0n) is 11.9. The number of nitrogens with zero attached hydrogens (tertiary/aromatic N) is 2. The zero-order valence-corrected chi connectivity index (χ0v) is 12.7. The third-order valence-corrected chi connectivity index (χ3v) is 4.10. The SMILES string of the molecule is CCSc1ccccc1NCc1cnc2ccccc2n1. The van der Waals surface area contributed by atoms with E-state index in [1.807, 2.05) is 48.3 Å². The molecule has 4 heteroatoms. The van der Waals surface area contributed by atoms with Crippen LogP contribution in [0.2, 0.25) is 0 Å². The van der Waals surface area contributed by atoms with Gasteiger partial charge in [-0.15, -0.1) is 11.8 Å². The van der Waals surface area contributed by atoms with Crippen molar-refractivity contribution in [1.29, 1.82) is 0 Å².